The molecule has 0 unspecified atom stereocenters. The van der Waals surface area contributed by atoms with E-state index in [1.54, 1.807) is 0 Å². The van der Waals surface area contributed by atoms with Gasteiger partial charge in [-0.1, -0.05) is 13.8 Å². The second-order valence-corrected chi connectivity index (χ2v) is 6.31. The van der Waals surface area contributed by atoms with Crippen molar-refractivity contribution in [2.45, 2.75) is 58.4 Å². The molecule has 0 aromatic carbocycles. The standard InChI is InChI=1S/C16H28N4O/c1-4-9-21-14-10-13(3)18-15(19-14)20-16(11-17)7-5-12(2)6-8-16/h10,12H,4-9,11,17H2,1-3H3,(H,18,19,20). The molecular weight excluding hydrogens is 264 g/mol. The molecule has 1 aliphatic rings. The fourth-order valence-electron chi connectivity index (χ4n) is 2.81. The Labute approximate surface area is 127 Å². The minimum absolute atomic E-state index is 0.0671. The van der Waals surface area contributed by atoms with E-state index in [0.29, 0.717) is 25.0 Å². The van der Waals surface area contributed by atoms with Gasteiger partial charge in [-0.15, -0.1) is 0 Å². The Kier molecular flexibility index (Phi) is 5.39. The summed E-state index contributed by atoms with van der Waals surface area (Å²) in [5.41, 5.74) is 6.88. The third kappa shape index (κ3) is 4.30. The van der Waals surface area contributed by atoms with Gasteiger partial charge in [0, 0.05) is 18.3 Å². The Morgan fingerprint density at radius 1 is 1.38 bits per heavy atom. The molecule has 5 heteroatoms. The second kappa shape index (κ2) is 7.07. The molecule has 1 fully saturated rings. The van der Waals surface area contributed by atoms with Gasteiger partial charge in [0.25, 0.3) is 0 Å². The highest BCUT2D eigenvalue weighted by atomic mass is 16.5. The number of nitrogens with zero attached hydrogens (tertiary/aromatic N) is 2. The van der Waals surface area contributed by atoms with Gasteiger partial charge in [-0.2, -0.15) is 4.98 Å². The molecule has 0 amide bonds. The summed E-state index contributed by atoms with van der Waals surface area (Å²) < 4.78 is 5.63. The van der Waals surface area contributed by atoms with Crippen molar-refractivity contribution in [3.8, 4) is 5.88 Å². The Balaban J connectivity index is 2.11. The van der Waals surface area contributed by atoms with E-state index >= 15 is 0 Å². The van der Waals surface area contributed by atoms with Gasteiger partial charge in [-0.3, -0.25) is 0 Å². The highest BCUT2D eigenvalue weighted by Gasteiger charge is 2.33. The smallest absolute Gasteiger partial charge is 0.226 e. The van der Waals surface area contributed by atoms with Crippen LogP contribution in [0.2, 0.25) is 0 Å². The molecular formula is C16H28N4O. The lowest BCUT2D eigenvalue weighted by Crippen LogP contribution is -2.48. The Hall–Kier alpha value is -1.36. The van der Waals surface area contributed by atoms with Crippen molar-refractivity contribution >= 4 is 5.95 Å². The molecule has 118 valence electrons. The number of nitrogens with two attached hydrogens (primary N) is 1. The first-order valence-corrected chi connectivity index (χ1v) is 8.03. The fourth-order valence-corrected chi connectivity index (χ4v) is 2.81. The first-order valence-electron chi connectivity index (χ1n) is 8.03. The predicted octanol–water partition coefficient (Wildman–Crippen LogP) is 2.89. The van der Waals surface area contributed by atoms with Crippen LogP contribution in [0.4, 0.5) is 5.95 Å². The monoisotopic (exact) mass is 292 g/mol. The lowest BCUT2D eigenvalue weighted by molar-refractivity contribution is 0.269. The largest absolute Gasteiger partial charge is 0.478 e. The van der Waals surface area contributed by atoms with Crippen LogP contribution >= 0.6 is 0 Å². The minimum Gasteiger partial charge on any atom is -0.478 e. The third-order valence-corrected chi connectivity index (χ3v) is 4.28. The van der Waals surface area contributed by atoms with Gasteiger partial charge in [-0.25, -0.2) is 4.98 Å². The highest BCUT2D eigenvalue weighted by Crippen LogP contribution is 2.33. The van der Waals surface area contributed by atoms with E-state index in [-0.39, 0.29) is 5.54 Å². The first kappa shape index (κ1) is 16.0. The summed E-state index contributed by atoms with van der Waals surface area (Å²) in [4.78, 5) is 8.97. The number of hydrogen-bond acceptors (Lipinski definition) is 5. The molecule has 0 bridgehead atoms. The number of rotatable bonds is 6. The number of aryl methyl sites for hydroxylation is 1. The van der Waals surface area contributed by atoms with Crippen LogP contribution in [0.25, 0.3) is 0 Å². The molecule has 0 radical (unpaired) electrons. The van der Waals surface area contributed by atoms with Crippen LogP contribution < -0.4 is 15.8 Å². The van der Waals surface area contributed by atoms with E-state index in [1.165, 1.54) is 12.8 Å². The number of ether oxygens (including phenoxy) is 1. The molecule has 3 N–H and O–H groups in total. The third-order valence-electron chi connectivity index (χ3n) is 4.28. The van der Waals surface area contributed by atoms with Crippen LogP contribution in [-0.2, 0) is 0 Å². The van der Waals surface area contributed by atoms with Gasteiger partial charge < -0.3 is 15.8 Å². The van der Waals surface area contributed by atoms with Gasteiger partial charge >= 0.3 is 0 Å². The molecule has 1 aromatic rings. The molecule has 0 spiro atoms. The summed E-state index contributed by atoms with van der Waals surface area (Å²) >= 11 is 0. The van der Waals surface area contributed by atoms with Crippen LogP contribution in [0, 0.1) is 12.8 Å². The molecule has 0 aliphatic heterocycles. The van der Waals surface area contributed by atoms with E-state index in [4.69, 9.17) is 10.5 Å². The van der Waals surface area contributed by atoms with E-state index in [0.717, 1.165) is 30.9 Å². The number of hydrogen-bond donors (Lipinski definition) is 2. The van der Waals surface area contributed by atoms with Crippen molar-refractivity contribution in [1.29, 1.82) is 0 Å². The van der Waals surface area contributed by atoms with Gasteiger partial charge in [0.05, 0.1) is 12.1 Å². The summed E-state index contributed by atoms with van der Waals surface area (Å²) in [7, 11) is 0. The quantitative estimate of drug-likeness (QED) is 0.843. The van der Waals surface area contributed by atoms with Crippen molar-refractivity contribution in [2.75, 3.05) is 18.5 Å². The highest BCUT2D eigenvalue weighted by molar-refractivity contribution is 5.34. The fraction of sp³-hybridized carbons (Fsp3) is 0.750. The SMILES string of the molecule is CCCOc1cc(C)nc(NC2(CN)CCC(C)CC2)n1. The second-order valence-electron chi connectivity index (χ2n) is 6.31. The zero-order valence-electron chi connectivity index (χ0n) is 13.5. The van der Waals surface area contributed by atoms with Gasteiger partial charge in [0.15, 0.2) is 0 Å². The van der Waals surface area contributed by atoms with Crippen molar-refractivity contribution in [1.82, 2.24) is 9.97 Å². The van der Waals surface area contributed by atoms with Crippen LogP contribution in [0.15, 0.2) is 6.07 Å². The Morgan fingerprint density at radius 2 is 2.10 bits per heavy atom. The first-order chi connectivity index (χ1) is 10.1. The van der Waals surface area contributed by atoms with E-state index in [1.807, 2.05) is 13.0 Å². The number of aromatic nitrogens is 2. The molecule has 21 heavy (non-hydrogen) atoms. The van der Waals surface area contributed by atoms with Crippen LogP contribution in [0.3, 0.4) is 0 Å². The minimum atomic E-state index is -0.0671. The topological polar surface area (TPSA) is 73.1 Å². The summed E-state index contributed by atoms with van der Waals surface area (Å²) in [6, 6.07) is 1.87. The van der Waals surface area contributed by atoms with Gasteiger partial charge in [0.2, 0.25) is 11.8 Å². The molecule has 1 aliphatic carbocycles. The lowest BCUT2D eigenvalue weighted by atomic mass is 9.77. The average Bonchev–Trinajstić information content (AvgIpc) is 2.47. The maximum Gasteiger partial charge on any atom is 0.226 e. The molecule has 0 saturated heterocycles. The van der Waals surface area contributed by atoms with E-state index < -0.39 is 0 Å². The summed E-state index contributed by atoms with van der Waals surface area (Å²) in [6.45, 7) is 7.64. The number of nitrogens with one attached hydrogen (secondary N) is 1. The number of anilines is 1. The molecule has 2 rings (SSSR count). The Morgan fingerprint density at radius 3 is 2.71 bits per heavy atom. The van der Waals surface area contributed by atoms with Crippen LogP contribution in [0.1, 0.15) is 51.6 Å². The predicted molar refractivity (Wildman–Crippen MR) is 85.6 cm³/mol. The van der Waals surface area contributed by atoms with Crippen LogP contribution in [-0.4, -0.2) is 28.7 Å². The Bertz CT molecular complexity index is 456. The maximum absolute atomic E-state index is 6.04. The van der Waals surface area contributed by atoms with Gasteiger partial charge in [-0.05, 0) is 44.9 Å². The average molecular weight is 292 g/mol. The molecule has 1 heterocycles. The lowest BCUT2D eigenvalue weighted by Gasteiger charge is -2.39. The summed E-state index contributed by atoms with van der Waals surface area (Å²) in [5.74, 6) is 2.07. The van der Waals surface area contributed by atoms with E-state index in [9.17, 15) is 0 Å². The molecule has 1 saturated carbocycles. The zero-order valence-corrected chi connectivity index (χ0v) is 13.5. The summed E-state index contributed by atoms with van der Waals surface area (Å²) in [5, 5.41) is 3.50. The van der Waals surface area contributed by atoms with Crippen molar-refractivity contribution in [3.05, 3.63) is 11.8 Å². The van der Waals surface area contributed by atoms with E-state index in [2.05, 4.69) is 29.1 Å². The molecule has 0 atom stereocenters. The van der Waals surface area contributed by atoms with Crippen LogP contribution in [0.5, 0.6) is 5.88 Å². The zero-order chi connectivity index (χ0) is 15.3. The summed E-state index contributed by atoms with van der Waals surface area (Å²) in [6.07, 6.45) is 5.53. The van der Waals surface area contributed by atoms with Crippen molar-refractivity contribution < 1.29 is 4.74 Å². The maximum atomic E-state index is 6.04. The van der Waals surface area contributed by atoms with Crippen molar-refractivity contribution in [3.63, 3.8) is 0 Å². The normalized spacial score (nSPS) is 25.6. The molecule has 5 nitrogen and oxygen atoms in total. The van der Waals surface area contributed by atoms with Crippen molar-refractivity contribution in [2.24, 2.45) is 11.7 Å². The van der Waals surface area contributed by atoms with Gasteiger partial charge in [0.1, 0.15) is 0 Å². The molecule has 1 aromatic heterocycles.